The number of carbonyl (C=O) groups is 2. The van der Waals surface area contributed by atoms with Gasteiger partial charge in [0.25, 0.3) is 0 Å². The molecule has 10 heteroatoms. The van der Waals surface area contributed by atoms with E-state index in [1.54, 1.807) is 26.2 Å². The number of nitrogens with one attached hydrogen (secondary N) is 2. The van der Waals surface area contributed by atoms with Crippen LogP contribution in [0.1, 0.15) is 29.9 Å². The normalized spacial score (nSPS) is 15.4. The summed E-state index contributed by atoms with van der Waals surface area (Å²) in [6, 6.07) is 14.1. The molecule has 9 nitrogen and oxygen atoms in total. The first kappa shape index (κ1) is 24.3. The summed E-state index contributed by atoms with van der Waals surface area (Å²) < 4.78 is 12.6. The molecular weight excluding hydrogens is 466 g/mol. The average Bonchev–Trinajstić information content (AvgIpc) is 3.22. The largest absolute Gasteiger partial charge is 0.497 e. The van der Waals surface area contributed by atoms with Crippen molar-refractivity contribution >= 4 is 23.8 Å². The van der Waals surface area contributed by atoms with E-state index in [2.05, 4.69) is 20.8 Å². The molecule has 0 spiro atoms. The molecule has 0 aliphatic carbocycles. The molecule has 1 aliphatic heterocycles. The van der Waals surface area contributed by atoms with Crippen molar-refractivity contribution in [3.05, 3.63) is 76.8 Å². The van der Waals surface area contributed by atoms with Gasteiger partial charge < -0.3 is 20.1 Å². The third kappa shape index (κ3) is 5.17. The molecule has 0 bridgehead atoms. The Morgan fingerprint density at radius 3 is 2.54 bits per heavy atom. The number of hydrogen-bond donors (Lipinski definition) is 2. The smallest absolute Gasteiger partial charge is 0.338 e. The molecule has 0 saturated carbocycles. The van der Waals surface area contributed by atoms with Crippen LogP contribution in [0.3, 0.4) is 0 Å². The van der Waals surface area contributed by atoms with Gasteiger partial charge in [0.15, 0.2) is 5.16 Å². The van der Waals surface area contributed by atoms with Gasteiger partial charge in [-0.25, -0.2) is 9.59 Å². The van der Waals surface area contributed by atoms with Crippen molar-refractivity contribution in [2.45, 2.75) is 32.0 Å². The number of thioether (sulfide) groups is 1. The van der Waals surface area contributed by atoms with E-state index in [-0.39, 0.29) is 12.4 Å². The molecular formula is C25H27N5O4S. The minimum absolute atomic E-state index is 0.215. The zero-order valence-corrected chi connectivity index (χ0v) is 20.8. The molecule has 2 aromatic carbocycles. The number of nitrogens with zero attached hydrogens (tertiary/aromatic N) is 3. The highest BCUT2D eigenvalue weighted by molar-refractivity contribution is 7.99. The Bertz CT molecular complexity index is 1270. The van der Waals surface area contributed by atoms with Gasteiger partial charge in [-0.3, -0.25) is 4.57 Å². The summed E-state index contributed by atoms with van der Waals surface area (Å²) in [5, 5.41) is 14.9. The summed E-state index contributed by atoms with van der Waals surface area (Å²) in [6.07, 6.45) is 0. The predicted molar refractivity (Wildman–Crippen MR) is 133 cm³/mol. The van der Waals surface area contributed by atoms with Gasteiger partial charge in [0, 0.05) is 11.4 Å². The summed E-state index contributed by atoms with van der Waals surface area (Å²) in [5.41, 5.74) is 3.61. The van der Waals surface area contributed by atoms with Crippen molar-refractivity contribution in [3.63, 3.8) is 0 Å². The molecule has 0 radical (unpaired) electrons. The third-order valence-electron chi connectivity index (χ3n) is 5.60. The Morgan fingerprint density at radius 1 is 1.11 bits per heavy atom. The van der Waals surface area contributed by atoms with Crippen molar-refractivity contribution in [1.29, 1.82) is 0 Å². The first-order chi connectivity index (χ1) is 16.9. The van der Waals surface area contributed by atoms with Crippen LogP contribution in [0.2, 0.25) is 0 Å². The van der Waals surface area contributed by atoms with E-state index in [1.165, 1.54) is 11.8 Å². The van der Waals surface area contributed by atoms with Gasteiger partial charge in [0.05, 0.1) is 31.0 Å². The zero-order valence-electron chi connectivity index (χ0n) is 20.0. The van der Waals surface area contributed by atoms with Crippen LogP contribution in [0.4, 0.5) is 4.79 Å². The Kier molecular flexibility index (Phi) is 7.40. The Labute approximate surface area is 207 Å². The van der Waals surface area contributed by atoms with Crippen LogP contribution in [-0.2, 0) is 9.53 Å². The lowest BCUT2D eigenvalue weighted by molar-refractivity contribution is -0.139. The molecule has 0 saturated heterocycles. The molecule has 182 valence electrons. The van der Waals surface area contributed by atoms with Gasteiger partial charge in [0.2, 0.25) is 0 Å². The van der Waals surface area contributed by atoms with Crippen molar-refractivity contribution in [3.8, 4) is 11.4 Å². The molecule has 35 heavy (non-hydrogen) atoms. The molecule has 0 fully saturated rings. The van der Waals surface area contributed by atoms with Crippen LogP contribution in [0.15, 0.2) is 65.0 Å². The van der Waals surface area contributed by atoms with Crippen LogP contribution >= 0.6 is 11.8 Å². The maximum absolute atomic E-state index is 13.0. The minimum Gasteiger partial charge on any atom is -0.497 e. The number of carbonyl (C=O) groups excluding carboxylic acids is 2. The number of ether oxygens (including phenoxy) is 2. The summed E-state index contributed by atoms with van der Waals surface area (Å²) in [4.78, 5) is 25.6. The summed E-state index contributed by atoms with van der Waals surface area (Å²) in [6.45, 7) is 5.88. The Morgan fingerprint density at radius 2 is 1.86 bits per heavy atom. The minimum atomic E-state index is -0.666. The molecule has 1 unspecified atom stereocenters. The van der Waals surface area contributed by atoms with E-state index in [4.69, 9.17) is 9.47 Å². The van der Waals surface area contributed by atoms with E-state index in [1.807, 2.05) is 54.8 Å². The van der Waals surface area contributed by atoms with Crippen LogP contribution in [0.5, 0.6) is 5.75 Å². The van der Waals surface area contributed by atoms with E-state index in [0.29, 0.717) is 22.2 Å². The van der Waals surface area contributed by atoms with Crippen LogP contribution in [-0.4, -0.2) is 46.2 Å². The number of methoxy groups -OCH3 is 1. The van der Waals surface area contributed by atoms with E-state index in [9.17, 15) is 9.59 Å². The number of hydrogen-bond acceptors (Lipinski definition) is 7. The highest BCUT2D eigenvalue weighted by Crippen LogP contribution is 2.32. The number of urea groups is 1. The first-order valence-corrected chi connectivity index (χ1v) is 12.1. The van der Waals surface area contributed by atoms with Crippen molar-refractivity contribution in [2.75, 3.05) is 19.5 Å². The molecule has 2 amide bonds. The predicted octanol–water partition coefficient (Wildman–Crippen LogP) is 3.86. The average molecular weight is 494 g/mol. The number of aromatic nitrogens is 3. The summed E-state index contributed by atoms with van der Waals surface area (Å²) in [5.74, 6) is 1.22. The second-order valence-corrected chi connectivity index (χ2v) is 8.80. The lowest BCUT2D eigenvalue weighted by Crippen LogP contribution is -2.46. The molecule has 1 aromatic heterocycles. The maximum Gasteiger partial charge on any atom is 0.338 e. The molecule has 1 atom stereocenters. The number of esters is 1. The standard InChI is InChI=1S/C25H27N5O4S/c1-5-34-23(31)21-19(26-24(32)27-22(21)17-10-12-18(33-4)13-11-17)14-35-25-29-28-16(3)30(25)20-9-7-6-8-15(20)2/h6-13,22H,5,14H2,1-4H3,(H2,26,27,32). The van der Waals surface area contributed by atoms with Gasteiger partial charge in [-0.15, -0.1) is 10.2 Å². The van der Waals surface area contributed by atoms with Gasteiger partial charge in [0.1, 0.15) is 11.6 Å². The molecule has 2 N–H and O–H groups in total. The zero-order chi connectivity index (χ0) is 24.9. The second kappa shape index (κ2) is 10.6. The third-order valence-corrected chi connectivity index (χ3v) is 6.55. The van der Waals surface area contributed by atoms with Crippen LogP contribution in [0.25, 0.3) is 5.69 Å². The molecule has 2 heterocycles. The van der Waals surface area contributed by atoms with Gasteiger partial charge in [-0.05, 0) is 50.1 Å². The molecule has 4 rings (SSSR count). The fourth-order valence-corrected chi connectivity index (χ4v) is 4.85. The van der Waals surface area contributed by atoms with Crippen LogP contribution < -0.4 is 15.4 Å². The molecule has 1 aliphatic rings. The van der Waals surface area contributed by atoms with Crippen molar-refractivity contribution in [2.24, 2.45) is 0 Å². The van der Waals surface area contributed by atoms with Crippen LogP contribution in [0, 0.1) is 13.8 Å². The van der Waals surface area contributed by atoms with Gasteiger partial charge >= 0.3 is 12.0 Å². The molecule has 3 aromatic rings. The van der Waals surface area contributed by atoms with Gasteiger partial charge in [-0.2, -0.15) is 0 Å². The number of benzene rings is 2. The second-order valence-electron chi connectivity index (χ2n) is 7.86. The number of para-hydroxylation sites is 1. The van der Waals surface area contributed by atoms with Crippen molar-refractivity contribution in [1.82, 2.24) is 25.4 Å². The first-order valence-electron chi connectivity index (χ1n) is 11.1. The number of amides is 2. The fraction of sp³-hybridized carbons (Fsp3) is 0.280. The number of rotatable bonds is 8. The Hall–Kier alpha value is -3.79. The topological polar surface area (TPSA) is 107 Å². The fourth-order valence-electron chi connectivity index (χ4n) is 3.89. The number of aryl methyl sites for hydroxylation is 2. The summed E-state index contributed by atoms with van der Waals surface area (Å²) in [7, 11) is 1.58. The Balaban J connectivity index is 1.70. The monoisotopic (exact) mass is 493 g/mol. The maximum atomic E-state index is 13.0. The summed E-state index contributed by atoms with van der Waals surface area (Å²) >= 11 is 1.38. The highest BCUT2D eigenvalue weighted by Gasteiger charge is 2.34. The highest BCUT2D eigenvalue weighted by atomic mass is 32.2. The lowest BCUT2D eigenvalue weighted by Gasteiger charge is -2.29. The quantitative estimate of drug-likeness (QED) is 0.362. The lowest BCUT2D eigenvalue weighted by atomic mass is 9.95. The SMILES string of the molecule is CCOC(=O)C1=C(CSc2nnc(C)n2-c2ccccc2C)NC(=O)NC1c1ccc(OC)cc1. The van der Waals surface area contributed by atoms with E-state index >= 15 is 0 Å². The van der Waals surface area contributed by atoms with Gasteiger partial charge in [-0.1, -0.05) is 42.1 Å². The van der Waals surface area contributed by atoms with E-state index in [0.717, 1.165) is 22.6 Å². The van der Waals surface area contributed by atoms with E-state index < -0.39 is 18.0 Å². The van der Waals surface area contributed by atoms with Crippen molar-refractivity contribution < 1.29 is 19.1 Å².